The average molecular weight is 372 g/mol. The van der Waals surface area contributed by atoms with Gasteiger partial charge in [0.15, 0.2) is 6.29 Å². The molecule has 27 heavy (non-hydrogen) atoms. The van der Waals surface area contributed by atoms with Gasteiger partial charge in [-0.1, -0.05) is 38.5 Å². The van der Waals surface area contributed by atoms with E-state index in [0.717, 1.165) is 19.3 Å². The molecule has 0 radical (unpaired) electrons. The minimum absolute atomic E-state index is 0.149. The van der Waals surface area contributed by atoms with Crippen LogP contribution in [0.25, 0.3) is 0 Å². The Hall–Kier alpha value is -2.24. The fourth-order valence-corrected chi connectivity index (χ4v) is 2.98. The molecule has 4 nitrogen and oxygen atoms in total. The molecule has 1 fully saturated rings. The smallest absolute Gasteiger partial charge is 0.343 e. The summed E-state index contributed by atoms with van der Waals surface area (Å²) in [6.07, 6.45) is 2.26. The molecule has 5 heteroatoms. The summed E-state index contributed by atoms with van der Waals surface area (Å²) in [7, 11) is 0. The van der Waals surface area contributed by atoms with Crippen LogP contribution < -0.4 is 4.74 Å². The molecule has 0 aromatic heterocycles. The number of esters is 1. The Balaban J connectivity index is 1.65. The zero-order valence-electron chi connectivity index (χ0n) is 15.7. The maximum absolute atomic E-state index is 14.5. The molecule has 1 heterocycles. The Kier molecular flexibility index (Phi) is 6.58. The second kappa shape index (κ2) is 9.11. The molecule has 1 saturated heterocycles. The highest BCUT2D eigenvalue weighted by Crippen LogP contribution is 2.28. The lowest BCUT2D eigenvalue weighted by Crippen LogP contribution is -2.27. The highest BCUT2D eigenvalue weighted by atomic mass is 19.1. The monoisotopic (exact) mass is 372 g/mol. The topological polar surface area (TPSA) is 44.8 Å². The second-order valence-electron chi connectivity index (χ2n) is 6.79. The maximum atomic E-state index is 14.5. The molecule has 2 aromatic carbocycles. The normalized spacial score (nSPS) is 19.7. The zero-order valence-corrected chi connectivity index (χ0v) is 15.7. The van der Waals surface area contributed by atoms with E-state index in [1.165, 1.54) is 23.8 Å². The van der Waals surface area contributed by atoms with Gasteiger partial charge in [0.2, 0.25) is 0 Å². The van der Waals surface area contributed by atoms with Gasteiger partial charge in [-0.15, -0.1) is 0 Å². The van der Waals surface area contributed by atoms with Gasteiger partial charge in [0.05, 0.1) is 18.8 Å². The lowest BCUT2D eigenvalue weighted by atomic mass is 10.1. The Morgan fingerprint density at radius 2 is 1.81 bits per heavy atom. The van der Waals surface area contributed by atoms with Gasteiger partial charge in [0.25, 0.3) is 0 Å². The second-order valence-corrected chi connectivity index (χ2v) is 6.79. The number of ether oxygens (including phenoxy) is 3. The summed E-state index contributed by atoms with van der Waals surface area (Å²) < 4.78 is 31.0. The summed E-state index contributed by atoms with van der Waals surface area (Å²) in [5, 5.41) is 0. The van der Waals surface area contributed by atoms with Crippen LogP contribution in [0.3, 0.4) is 0 Å². The van der Waals surface area contributed by atoms with Crippen molar-refractivity contribution in [1.82, 2.24) is 0 Å². The van der Waals surface area contributed by atoms with Gasteiger partial charge in [-0.05, 0) is 42.7 Å². The van der Waals surface area contributed by atoms with Gasteiger partial charge in [0.1, 0.15) is 11.6 Å². The van der Waals surface area contributed by atoms with Crippen molar-refractivity contribution < 1.29 is 23.4 Å². The van der Waals surface area contributed by atoms with Gasteiger partial charge in [-0.25, -0.2) is 9.18 Å². The van der Waals surface area contributed by atoms with Crippen LogP contribution in [0.4, 0.5) is 4.39 Å². The first-order valence-electron chi connectivity index (χ1n) is 9.44. The van der Waals surface area contributed by atoms with Gasteiger partial charge in [0, 0.05) is 11.5 Å². The Morgan fingerprint density at radius 1 is 1.11 bits per heavy atom. The zero-order chi connectivity index (χ0) is 19.2. The van der Waals surface area contributed by atoms with E-state index in [-0.39, 0.29) is 5.56 Å². The largest absolute Gasteiger partial charge is 0.423 e. The van der Waals surface area contributed by atoms with Crippen LogP contribution in [0.2, 0.25) is 0 Å². The van der Waals surface area contributed by atoms with Crippen molar-refractivity contribution in [2.24, 2.45) is 5.92 Å². The van der Waals surface area contributed by atoms with Crippen LogP contribution in [0.15, 0.2) is 42.5 Å². The first kappa shape index (κ1) is 19.5. The van der Waals surface area contributed by atoms with E-state index >= 15 is 0 Å². The third kappa shape index (κ3) is 4.93. The van der Waals surface area contributed by atoms with E-state index in [0.29, 0.717) is 30.4 Å². The van der Waals surface area contributed by atoms with E-state index < -0.39 is 18.1 Å². The molecule has 0 spiro atoms. The highest BCUT2D eigenvalue weighted by Gasteiger charge is 2.25. The molecular weight excluding hydrogens is 347 g/mol. The Bertz CT molecular complexity index is 764. The van der Waals surface area contributed by atoms with Crippen molar-refractivity contribution in [1.29, 1.82) is 0 Å². The minimum atomic E-state index is -0.732. The number of aryl methyl sites for hydroxylation is 1. The van der Waals surface area contributed by atoms with E-state index in [4.69, 9.17) is 14.2 Å². The van der Waals surface area contributed by atoms with Crippen LogP contribution in [-0.4, -0.2) is 19.2 Å². The molecule has 0 saturated carbocycles. The van der Waals surface area contributed by atoms with Gasteiger partial charge in [-0.3, -0.25) is 0 Å². The quantitative estimate of drug-likeness (QED) is 0.525. The third-order valence-corrected chi connectivity index (χ3v) is 4.71. The van der Waals surface area contributed by atoms with Crippen LogP contribution in [-0.2, 0) is 15.9 Å². The first-order chi connectivity index (χ1) is 13.1. The van der Waals surface area contributed by atoms with Crippen molar-refractivity contribution in [3.05, 3.63) is 65.0 Å². The molecule has 3 rings (SSSR count). The first-order valence-corrected chi connectivity index (χ1v) is 9.44. The Labute approximate surface area is 159 Å². The minimum Gasteiger partial charge on any atom is -0.423 e. The van der Waals surface area contributed by atoms with Crippen molar-refractivity contribution in [2.75, 3.05) is 13.2 Å². The molecule has 0 N–H and O–H groups in total. The van der Waals surface area contributed by atoms with Crippen LogP contribution in [0.1, 0.15) is 54.5 Å². The Morgan fingerprint density at radius 3 is 2.41 bits per heavy atom. The lowest BCUT2D eigenvalue weighted by molar-refractivity contribution is -0.206. The maximum Gasteiger partial charge on any atom is 0.343 e. The van der Waals surface area contributed by atoms with Gasteiger partial charge >= 0.3 is 5.97 Å². The standard InChI is InChI=1S/C22H25FO4/c1-3-5-16-6-9-18(10-7-16)27-21(24)17-8-11-19(20(23)12-17)22-25-13-15(4-2)14-26-22/h6-12,15,22H,3-5,13-14H2,1-2H3. The summed E-state index contributed by atoms with van der Waals surface area (Å²) in [6.45, 7) is 5.25. The number of carbonyl (C=O) groups excluding carboxylic acids is 1. The van der Waals surface area contributed by atoms with E-state index in [2.05, 4.69) is 13.8 Å². The average Bonchev–Trinajstić information content (AvgIpc) is 2.70. The number of benzene rings is 2. The molecule has 144 valence electrons. The van der Waals surface area contributed by atoms with E-state index in [1.54, 1.807) is 12.1 Å². The molecule has 0 unspecified atom stereocenters. The summed E-state index contributed by atoms with van der Waals surface area (Å²) in [5.74, 6) is -0.362. The summed E-state index contributed by atoms with van der Waals surface area (Å²) in [6, 6.07) is 11.6. The van der Waals surface area contributed by atoms with Crippen molar-refractivity contribution in [3.63, 3.8) is 0 Å². The van der Waals surface area contributed by atoms with Gasteiger partial charge < -0.3 is 14.2 Å². The molecular formula is C22H25FO4. The summed E-state index contributed by atoms with van der Waals surface area (Å²) >= 11 is 0. The van der Waals surface area contributed by atoms with Crippen molar-refractivity contribution in [2.45, 2.75) is 39.4 Å². The predicted molar refractivity (Wildman–Crippen MR) is 100 cm³/mol. The molecule has 1 aliphatic rings. The fourth-order valence-electron chi connectivity index (χ4n) is 2.98. The summed E-state index contributed by atoms with van der Waals surface area (Å²) in [4.78, 5) is 12.3. The molecule has 0 bridgehead atoms. The summed E-state index contributed by atoms with van der Waals surface area (Å²) in [5.41, 5.74) is 1.63. The number of halogens is 1. The van der Waals surface area contributed by atoms with Gasteiger partial charge in [-0.2, -0.15) is 0 Å². The van der Waals surface area contributed by atoms with Crippen molar-refractivity contribution >= 4 is 5.97 Å². The molecule has 2 aromatic rings. The SMILES string of the molecule is CCCc1ccc(OC(=O)c2ccc(C3OCC(CC)CO3)c(F)c2)cc1. The van der Waals surface area contributed by atoms with Crippen LogP contribution >= 0.6 is 0 Å². The van der Waals surface area contributed by atoms with E-state index in [9.17, 15) is 9.18 Å². The molecule has 0 aliphatic carbocycles. The number of carbonyl (C=O) groups is 1. The van der Waals surface area contributed by atoms with Crippen LogP contribution in [0.5, 0.6) is 5.75 Å². The predicted octanol–water partition coefficient (Wildman–Crippen LogP) is 5.07. The number of hydrogen-bond acceptors (Lipinski definition) is 4. The number of rotatable bonds is 6. The van der Waals surface area contributed by atoms with Crippen molar-refractivity contribution in [3.8, 4) is 5.75 Å². The lowest BCUT2D eigenvalue weighted by Gasteiger charge is -2.29. The van der Waals surface area contributed by atoms with E-state index in [1.807, 2.05) is 12.1 Å². The molecule has 1 aliphatic heterocycles. The molecule has 0 atom stereocenters. The molecule has 0 amide bonds. The fraction of sp³-hybridized carbons (Fsp3) is 0.409. The van der Waals surface area contributed by atoms with Crippen LogP contribution in [0, 0.1) is 11.7 Å². The third-order valence-electron chi connectivity index (χ3n) is 4.71. The number of hydrogen-bond donors (Lipinski definition) is 0. The highest BCUT2D eigenvalue weighted by molar-refractivity contribution is 5.91.